The monoisotopic (exact) mass is 353 g/mol. The first-order valence-electron chi connectivity index (χ1n) is 7.95. The van der Waals surface area contributed by atoms with E-state index in [-0.39, 0.29) is 5.91 Å². The van der Waals surface area contributed by atoms with Crippen LogP contribution >= 0.6 is 0 Å². The summed E-state index contributed by atoms with van der Waals surface area (Å²) in [5, 5.41) is 5.94. The highest BCUT2D eigenvalue weighted by atomic mass is 16.5. The molecule has 2 heterocycles. The molecule has 2 aromatic heterocycles. The lowest BCUT2D eigenvalue weighted by atomic mass is 10.2. The van der Waals surface area contributed by atoms with Gasteiger partial charge in [0.25, 0.3) is 5.91 Å². The van der Waals surface area contributed by atoms with Gasteiger partial charge in [-0.05, 0) is 42.5 Å². The van der Waals surface area contributed by atoms with Crippen molar-refractivity contribution in [3.63, 3.8) is 0 Å². The number of furan rings is 1. The number of benzene rings is 1. The summed E-state index contributed by atoms with van der Waals surface area (Å²) in [5.41, 5.74) is 1.27. The summed E-state index contributed by atoms with van der Waals surface area (Å²) >= 11 is 0. The van der Waals surface area contributed by atoms with Crippen LogP contribution in [0.25, 0.3) is 0 Å². The van der Waals surface area contributed by atoms with E-state index in [1.165, 1.54) is 7.11 Å². The quantitative estimate of drug-likeness (QED) is 0.675. The lowest BCUT2D eigenvalue weighted by Gasteiger charge is -2.10. The van der Waals surface area contributed by atoms with E-state index >= 15 is 0 Å². The van der Waals surface area contributed by atoms with Crippen molar-refractivity contribution in [3.8, 4) is 11.5 Å². The first-order valence-corrected chi connectivity index (χ1v) is 7.95. The molecule has 0 radical (unpaired) electrons. The molecule has 0 fully saturated rings. The minimum Gasteiger partial charge on any atom is -0.493 e. The highest BCUT2D eigenvalue weighted by Gasteiger charge is 2.11. The van der Waals surface area contributed by atoms with Crippen LogP contribution < -0.4 is 20.1 Å². The van der Waals surface area contributed by atoms with E-state index < -0.39 is 0 Å². The molecule has 0 spiro atoms. The van der Waals surface area contributed by atoms with Gasteiger partial charge in [0.05, 0.1) is 38.9 Å². The number of carbonyl (C=O) groups excluding carboxylic acids is 1. The molecule has 2 N–H and O–H groups in total. The van der Waals surface area contributed by atoms with Gasteiger partial charge in [0.15, 0.2) is 11.5 Å². The maximum Gasteiger partial charge on any atom is 0.256 e. The van der Waals surface area contributed by atoms with Crippen molar-refractivity contribution in [3.05, 3.63) is 66.2 Å². The van der Waals surface area contributed by atoms with Gasteiger partial charge in [0.1, 0.15) is 11.6 Å². The molecule has 134 valence electrons. The fraction of sp³-hybridized carbons (Fsp3) is 0.158. The molecular weight excluding hydrogens is 334 g/mol. The Morgan fingerprint density at radius 3 is 2.62 bits per heavy atom. The van der Waals surface area contributed by atoms with Crippen molar-refractivity contribution in [1.82, 2.24) is 4.98 Å². The molecule has 0 saturated carbocycles. The highest BCUT2D eigenvalue weighted by Crippen LogP contribution is 2.27. The number of carbonyl (C=O) groups is 1. The zero-order chi connectivity index (χ0) is 18.4. The van der Waals surface area contributed by atoms with E-state index in [1.807, 2.05) is 18.2 Å². The van der Waals surface area contributed by atoms with E-state index in [0.29, 0.717) is 29.4 Å². The first-order chi connectivity index (χ1) is 12.7. The molecule has 0 unspecified atom stereocenters. The van der Waals surface area contributed by atoms with E-state index in [1.54, 1.807) is 43.8 Å². The third-order valence-corrected chi connectivity index (χ3v) is 3.70. The van der Waals surface area contributed by atoms with E-state index in [2.05, 4.69) is 15.6 Å². The van der Waals surface area contributed by atoms with Crippen LogP contribution in [0.4, 0.5) is 11.5 Å². The molecule has 3 rings (SSSR count). The molecule has 1 aromatic carbocycles. The number of methoxy groups -OCH3 is 2. The van der Waals surface area contributed by atoms with Crippen LogP contribution in [0, 0.1) is 0 Å². The minimum absolute atomic E-state index is 0.283. The number of amides is 1. The number of aromatic nitrogens is 1. The standard InChI is InChI=1S/C19H19N3O4/c1-24-16-7-5-13(10-17(16)25-2)19(23)22-18-8-6-14(11-21-18)20-12-15-4-3-9-26-15/h3-11,20H,12H2,1-2H3,(H,21,22,23). The van der Waals surface area contributed by atoms with Gasteiger partial charge in [-0.3, -0.25) is 4.79 Å². The summed E-state index contributed by atoms with van der Waals surface area (Å²) in [7, 11) is 3.07. The minimum atomic E-state index is -0.283. The zero-order valence-corrected chi connectivity index (χ0v) is 14.5. The molecule has 0 aliphatic carbocycles. The number of anilines is 2. The largest absolute Gasteiger partial charge is 0.493 e. The third-order valence-electron chi connectivity index (χ3n) is 3.70. The maximum absolute atomic E-state index is 12.4. The van der Waals surface area contributed by atoms with Crippen LogP contribution in [0.5, 0.6) is 11.5 Å². The summed E-state index contributed by atoms with van der Waals surface area (Å²) in [6, 6.07) is 12.2. The Labute approximate surface area is 151 Å². The summed E-state index contributed by atoms with van der Waals surface area (Å²) in [6.07, 6.45) is 3.27. The summed E-state index contributed by atoms with van der Waals surface area (Å²) in [6.45, 7) is 0.562. The zero-order valence-electron chi connectivity index (χ0n) is 14.5. The lowest BCUT2D eigenvalue weighted by Crippen LogP contribution is -2.13. The van der Waals surface area contributed by atoms with E-state index in [4.69, 9.17) is 13.9 Å². The molecule has 0 atom stereocenters. The van der Waals surface area contributed by atoms with Crippen molar-refractivity contribution in [2.45, 2.75) is 6.54 Å². The van der Waals surface area contributed by atoms with Crippen molar-refractivity contribution in [2.24, 2.45) is 0 Å². The van der Waals surface area contributed by atoms with Crippen molar-refractivity contribution < 1.29 is 18.7 Å². The highest BCUT2D eigenvalue weighted by molar-refractivity contribution is 6.04. The number of nitrogens with zero attached hydrogens (tertiary/aromatic N) is 1. The van der Waals surface area contributed by atoms with Crippen molar-refractivity contribution in [1.29, 1.82) is 0 Å². The molecule has 26 heavy (non-hydrogen) atoms. The molecule has 0 aliphatic rings. The normalized spacial score (nSPS) is 10.2. The Hall–Kier alpha value is -3.48. The predicted octanol–water partition coefficient (Wildman–Crippen LogP) is 3.56. The molecule has 3 aromatic rings. The second kappa shape index (κ2) is 8.06. The molecule has 0 aliphatic heterocycles. The lowest BCUT2D eigenvalue weighted by molar-refractivity contribution is 0.102. The molecular formula is C19H19N3O4. The Morgan fingerprint density at radius 2 is 1.96 bits per heavy atom. The van der Waals surface area contributed by atoms with Crippen LogP contribution in [0.2, 0.25) is 0 Å². The second-order valence-corrected chi connectivity index (χ2v) is 5.39. The van der Waals surface area contributed by atoms with Crippen LogP contribution in [0.3, 0.4) is 0 Å². The molecule has 7 heteroatoms. The molecule has 1 amide bonds. The van der Waals surface area contributed by atoms with Gasteiger partial charge in [-0.1, -0.05) is 0 Å². The van der Waals surface area contributed by atoms with Gasteiger partial charge in [0, 0.05) is 5.56 Å². The fourth-order valence-electron chi connectivity index (χ4n) is 2.34. The van der Waals surface area contributed by atoms with Gasteiger partial charge < -0.3 is 24.5 Å². The van der Waals surface area contributed by atoms with Crippen molar-refractivity contribution in [2.75, 3.05) is 24.9 Å². The fourth-order valence-corrected chi connectivity index (χ4v) is 2.34. The van der Waals surface area contributed by atoms with Crippen LogP contribution in [-0.2, 0) is 6.54 Å². The number of nitrogens with one attached hydrogen (secondary N) is 2. The summed E-state index contributed by atoms with van der Waals surface area (Å²) in [4.78, 5) is 16.6. The molecule has 7 nitrogen and oxygen atoms in total. The number of pyridine rings is 1. The first kappa shape index (κ1) is 17.3. The van der Waals surface area contributed by atoms with E-state index in [0.717, 1.165) is 11.4 Å². The topological polar surface area (TPSA) is 85.6 Å². The van der Waals surface area contributed by atoms with E-state index in [9.17, 15) is 4.79 Å². The van der Waals surface area contributed by atoms with Crippen LogP contribution in [0.1, 0.15) is 16.1 Å². The maximum atomic E-state index is 12.4. The van der Waals surface area contributed by atoms with Gasteiger partial charge >= 0.3 is 0 Å². The Morgan fingerprint density at radius 1 is 1.12 bits per heavy atom. The second-order valence-electron chi connectivity index (χ2n) is 5.39. The van der Waals surface area contributed by atoms with Crippen LogP contribution in [0.15, 0.2) is 59.3 Å². The Balaban J connectivity index is 1.62. The summed E-state index contributed by atoms with van der Waals surface area (Å²) < 4.78 is 15.6. The Bertz CT molecular complexity index is 861. The number of ether oxygens (including phenoxy) is 2. The third kappa shape index (κ3) is 4.13. The average Bonchev–Trinajstić information content (AvgIpc) is 3.20. The van der Waals surface area contributed by atoms with Gasteiger partial charge in [-0.2, -0.15) is 0 Å². The SMILES string of the molecule is COc1ccc(C(=O)Nc2ccc(NCc3ccco3)cn2)cc1OC. The predicted molar refractivity (Wildman–Crippen MR) is 97.8 cm³/mol. The van der Waals surface area contributed by atoms with Gasteiger partial charge in [0.2, 0.25) is 0 Å². The number of hydrogen-bond donors (Lipinski definition) is 2. The molecule has 0 bridgehead atoms. The van der Waals surface area contributed by atoms with Crippen molar-refractivity contribution >= 4 is 17.4 Å². The number of hydrogen-bond acceptors (Lipinski definition) is 6. The van der Waals surface area contributed by atoms with Gasteiger partial charge in [-0.25, -0.2) is 4.98 Å². The molecule has 0 saturated heterocycles. The average molecular weight is 353 g/mol. The summed E-state index contributed by atoms with van der Waals surface area (Å²) in [5.74, 6) is 2.05. The van der Waals surface area contributed by atoms with Gasteiger partial charge in [-0.15, -0.1) is 0 Å². The Kier molecular flexibility index (Phi) is 5.38. The number of rotatable bonds is 7. The smallest absolute Gasteiger partial charge is 0.256 e. The van der Waals surface area contributed by atoms with Crippen LogP contribution in [-0.4, -0.2) is 25.1 Å².